The van der Waals surface area contributed by atoms with Crippen molar-refractivity contribution >= 4 is 5.91 Å². The van der Waals surface area contributed by atoms with E-state index in [1.165, 1.54) is 0 Å². The molecule has 2 rings (SSSR count). The largest absolute Gasteiger partial charge is 0.379 e. The Morgan fingerprint density at radius 2 is 2.00 bits per heavy atom. The van der Waals surface area contributed by atoms with E-state index in [1.54, 1.807) is 0 Å². The van der Waals surface area contributed by atoms with Gasteiger partial charge in [0.1, 0.15) is 0 Å². The van der Waals surface area contributed by atoms with Gasteiger partial charge in [-0.1, -0.05) is 30.3 Å². The molecule has 5 heteroatoms. The molecule has 3 N–H and O–H groups in total. The predicted octanol–water partition coefficient (Wildman–Crippen LogP) is 0.567. The van der Waals surface area contributed by atoms with Gasteiger partial charge in [-0.3, -0.25) is 9.69 Å². The number of carbonyl (C=O) groups is 1. The molecule has 21 heavy (non-hydrogen) atoms. The number of nitrogens with zero attached hydrogens (tertiary/aromatic N) is 1. The summed E-state index contributed by atoms with van der Waals surface area (Å²) in [7, 11) is 0. The predicted molar refractivity (Wildman–Crippen MR) is 83.1 cm³/mol. The number of amides is 1. The van der Waals surface area contributed by atoms with E-state index in [4.69, 9.17) is 10.5 Å². The van der Waals surface area contributed by atoms with Gasteiger partial charge in [-0.25, -0.2) is 0 Å². The van der Waals surface area contributed by atoms with E-state index in [9.17, 15) is 4.79 Å². The molecule has 1 heterocycles. The summed E-state index contributed by atoms with van der Waals surface area (Å²) in [4.78, 5) is 14.6. The van der Waals surface area contributed by atoms with Gasteiger partial charge in [-0.15, -0.1) is 0 Å². The third kappa shape index (κ3) is 5.12. The molecule has 1 atom stereocenters. The number of benzene rings is 1. The minimum Gasteiger partial charge on any atom is -0.379 e. The summed E-state index contributed by atoms with van der Waals surface area (Å²) in [6.45, 7) is 5.64. The van der Waals surface area contributed by atoms with Crippen LogP contribution in [0.25, 0.3) is 0 Å². The molecule has 116 valence electrons. The van der Waals surface area contributed by atoms with E-state index in [0.717, 1.165) is 44.8 Å². The fourth-order valence-corrected chi connectivity index (χ4v) is 2.54. The molecule has 5 nitrogen and oxygen atoms in total. The van der Waals surface area contributed by atoms with Gasteiger partial charge in [0.05, 0.1) is 19.1 Å². The van der Waals surface area contributed by atoms with E-state index >= 15 is 0 Å². The topological polar surface area (TPSA) is 67.6 Å². The number of carbonyl (C=O) groups excluding carboxylic acids is 1. The highest BCUT2D eigenvalue weighted by Crippen LogP contribution is 2.13. The van der Waals surface area contributed by atoms with E-state index in [0.29, 0.717) is 13.1 Å². The molecule has 1 aromatic carbocycles. The summed E-state index contributed by atoms with van der Waals surface area (Å²) in [6.07, 6.45) is 0.956. The standard InChI is InChI=1S/C16H25N3O2/c17-13-15(14-5-2-1-3-6-14)16(20)18-7-4-8-19-9-11-21-12-10-19/h1-3,5-6,15H,4,7-13,17H2,(H,18,20). The van der Waals surface area contributed by atoms with Crippen LogP contribution in [0.2, 0.25) is 0 Å². The summed E-state index contributed by atoms with van der Waals surface area (Å²) in [6, 6.07) is 9.71. The second-order valence-electron chi connectivity index (χ2n) is 5.30. The molecule has 0 aliphatic carbocycles. The zero-order valence-electron chi connectivity index (χ0n) is 12.5. The number of ether oxygens (including phenoxy) is 1. The quantitative estimate of drug-likeness (QED) is 0.721. The number of nitrogens with two attached hydrogens (primary N) is 1. The smallest absolute Gasteiger partial charge is 0.228 e. The highest BCUT2D eigenvalue weighted by Gasteiger charge is 2.18. The Morgan fingerprint density at radius 1 is 1.29 bits per heavy atom. The Kier molecular flexibility index (Phi) is 6.66. The van der Waals surface area contributed by atoms with Gasteiger partial charge < -0.3 is 15.8 Å². The van der Waals surface area contributed by atoms with Crippen LogP contribution in [0.3, 0.4) is 0 Å². The lowest BCUT2D eigenvalue weighted by atomic mass is 9.98. The maximum Gasteiger partial charge on any atom is 0.228 e. The summed E-state index contributed by atoms with van der Waals surface area (Å²) < 4.78 is 5.31. The van der Waals surface area contributed by atoms with Crippen LogP contribution in [-0.4, -0.2) is 56.7 Å². The Hall–Kier alpha value is -1.43. The zero-order chi connectivity index (χ0) is 14.9. The van der Waals surface area contributed by atoms with Gasteiger partial charge >= 0.3 is 0 Å². The molecule has 1 amide bonds. The number of morpholine rings is 1. The second-order valence-corrected chi connectivity index (χ2v) is 5.30. The molecule has 0 bridgehead atoms. The van der Waals surface area contributed by atoms with Gasteiger partial charge in [0, 0.05) is 26.2 Å². The summed E-state index contributed by atoms with van der Waals surface area (Å²) >= 11 is 0. The van der Waals surface area contributed by atoms with Crippen molar-refractivity contribution in [2.24, 2.45) is 5.73 Å². The van der Waals surface area contributed by atoms with Gasteiger partial charge in [0.15, 0.2) is 0 Å². The normalized spacial score (nSPS) is 17.4. The van der Waals surface area contributed by atoms with Crippen LogP contribution in [0.4, 0.5) is 0 Å². The minimum atomic E-state index is -0.255. The lowest BCUT2D eigenvalue weighted by molar-refractivity contribution is -0.122. The molecular weight excluding hydrogens is 266 g/mol. The van der Waals surface area contributed by atoms with Crippen molar-refractivity contribution in [2.75, 3.05) is 45.9 Å². The highest BCUT2D eigenvalue weighted by molar-refractivity contribution is 5.83. The minimum absolute atomic E-state index is 0.0191. The van der Waals surface area contributed by atoms with Crippen LogP contribution < -0.4 is 11.1 Å². The van der Waals surface area contributed by atoms with E-state index < -0.39 is 0 Å². The van der Waals surface area contributed by atoms with Crippen molar-refractivity contribution in [2.45, 2.75) is 12.3 Å². The molecule has 0 aromatic heterocycles. The van der Waals surface area contributed by atoms with Gasteiger partial charge in [-0.2, -0.15) is 0 Å². The second kappa shape index (κ2) is 8.77. The molecule has 1 fully saturated rings. The SMILES string of the molecule is NCC(C(=O)NCCCN1CCOCC1)c1ccccc1. The van der Waals surface area contributed by atoms with Crippen molar-refractivity contribution in [1.29, 1.82) is 0 Å². The van der Waals surface area contributed by atoms with Gasteiger partial charge in [0.25, 0.3) is 0 Å². The average molecular weight is 291 g/mol. The van der Waals surface area contributed by atoms with E-state index in [2.05, 4.69) is 10.2 Å². The third-order valence-electron chi connectivity index (χ3n) is 3.81. The molecule has 0 saturated carbocycles. The molecule has 0 spiro atoms. The van der Waals surface area contributed by atoms with Crippen molar-refractivity contribution in [3.05, 3.63) is 35.9 Å². The van der Waals surface area contributed by atoms with Crippen LogP contribution in [0.15, 0.2) is 30.3 Å². The molecular formula is C16H25N3O2. The number of hydrogen-bond acceptors (Lipinski definition) is 4. The van der Waals surface area contributed by atoms with E-state index in [1.807, 2.05) is 30.3 Å². The maximum atomic E-state index is 12.2. The first-order valence-corrected chi connectivity index (χ1v) is 7.64. The van der Waals surface area contributed by atoms with Crippen molar-refractivity contribution in [3.63, 3.8) is 0 Å². The number of nitrogens with one attached hydrogen (secondary N) is 1. The van der Waals surface area contributed by atoms with Crippen LogP contribution in [0.5, 0.6) is 0 Å². The Balaban J connectivity index is 1.70. The summed E-state index contributed by atoms with van der Waals surface area (Å²) in [5.74, 6) is -0.236. The van der Waals surface area contributed by atoms with Crippen LogP contribution in [0.1, 0.15) is 17.9 Å². The summed E-state index contributed by atoms with van der Waals surface area (Å²) in [5.41, 5.74) is 6.72. The highest BCUT2D eigenvalue weighted by atomic mass is 16.5. The summed E-state index contributed by atoms with van der Waals surface area (Å²) in [5, 5.41) is 2.99. The monoisotopic (exact) mass is 291 g/mol. The van der Waals surface area contributed by atoms with Crippen LogP contribution in [-0.2, 0) is 9.53 Å². The maximum absolute atomic E-state index is 12.2. The average Bonchev–Trinajstić information content (AvgIpc) is 2.54. The van der Waals surface area contributed by atoms with E-state index in [-0.39, 0.29) is 11.8 Å². The Labute approximate surface area is 126 Å². The third-order valence-corrected chi connectivity index (χ3v) is 3.81. The Morgan fingerprint density at radius 3 is 2.67 bits per heavy atom. The zero-order valence-corrected chi connectivity index (χ0v) is 12.5. The van der Waals surface area contributed by atoms with Crippen molar-refractivity contribution in [3.8, 4) is 0 Å². The lowest BCUT2D eigenvalue weighted by Crippen LogP contribution is -2.39. The fourth-order valence-electron chi connectivity index (χ4n) is 2.54. The molecule has 1 aromatic rings. The number of rotatable bonds is 7. The first kappa shape index (κ1) is 15.9. The van der Waals surface area contributed by atoms with Gasteiger partial charge in [-0.05, 0) is 18.5 Å². The molecule has 1 aliphatic rings. The Bertz CT molecular complexity index is 419. The van der Waals surface area contributed by atoms with Crippen molar-refractivity contribution in [1.82, 2.24) is 10.2 Å². The van der Waals surface area contributed by atoms with Crippen molar-refractivity contribution < 1.29 is 9.53 Å². The molecule has 0 radical (unpaired) electrons. The molecule has 1 saturated heterocycles. The number of hydrogen-bond donors (Lipinski definition) is 2. The fraction of sp³-hybridized carbons (Fsp3) is 0.562. The lowest BCUT2D eigenvalue weighted by Gasteiger charge is -2.26. The first-order valence-electron chi connectivity index (χ1n) is 7.64. The van der Waals surface area contributed by atoms with Gasteiger partial charge in [0.2, 0.25) is 5.91 Å². The molecule has 1 unspecified atom stereocenters. The first-order chi connectivity index (χ1) is 10.3. The van der Waals surface area contributed by atoms with Crippen LogP contribution in [0, 0.1) is 0 Å². The van der Waals surface area contributed by atoms with Crippen LogP contribution >= 0.6 is 0 Å². The molecule has 1 aliphatic heterocycles.